The Morgan fingerprint density at radius 1 is 0.429 bits per heavy atom. The van der Waals surface area contributed by atoms with Crippen LogP contribution in [0.15, 0.2) is 0 Å². The Balaban J connectivity index is 6.68. The van der Waals surface area contributed by atoms with Gasteiger partial charge in [0.25, 0.3) is 0 Å². The molecule has 28 heavy (non-hydrogen) atoms. The molecule has 0 rings (SSSR count). The molecule has 19 heteroatoms. The van der Waals surface area contributed by atoms with Gasteiger partial charge in [0.05, 0.1) is 0 Å². The number of nitrogens with zero attached hydrogens (tertiary/aromatic N) is 1. The topological polar surface area (TPSA) is 23.8 Å². The Hall–Kier alpha value is -1.35. The highest BCUT2D eigenvalue weighted by molar-refractivity contribution is 8.04. The largest absolute Gasteiger partial charge is 0.460 e. The molecule has 0 aromatic rings. The third-order valence-corrected chi connectivity index (χ3v) is 3.47. The van der Waals surface area contributed by atoms with E-state index >= 15 is 0 Å². The van der Waals surface area contributed by atoms with Crippen molar-refractivity contribution in [2.24, 2.45) is 0 Å². The molecule has 0 aromatic carbocycles. The Kier molecular flexibility index (Phi) is 6.27. The van der Waals surface area contributed by atoms with Crippen LogP contribution in [0.1, 0.15) is 0 Å². The average molecular weight is 477 g/mol. The lowest BCUT2D eigenvalue weighted by Crippen LogP contribution is -2.74. The Morgan fingerprint density at radius 3 is 0.929 bits per heavy atom. The van der Waals surface area contributed by atoms with Crippen molar-refractivity contribution in [1.82, 2.24) is 0 Å². The fourth-order valence-electron chi connectivity index (χ4n) is 1.27. The lowest BCUT2D eigenvalue weighted by Gasteiger charge is -2.42. The second kappa shape index (κ2) is 6.58. The van der Waals surface area contributed by atoms with E-state index in [0.717, 1.165) is 0 Å². The minimum absolute atomic E-state index is 0.0452. The van der Waals surface area contributed by atoms with Crippen LogP contribution < -0.4 is 0 Å². The van der Waals surface area contributed by atoms with Crippen molar-refractivity contribution in [2.45, 2.75) is 47.0 Å². The molecule has 0 spiro atoms. The molecule has 0 fully saturated rings. The van der Waals surface area contributed by atoms with Crippen LogP contribution in [0.3, 0.4) is 0 Å². The Morgan fingerprint density at radius 2 is 0.679 bits per heavy atom. The summed E-state index contributed by atoms with van der Waals surface area (Å²) in [6.45, 7) is 0. The maximum Gasteiger partial charge on any atom is 0.460 e. The van der Waals surface area contributed by atoms with E-state index < -0.39 is 58.7 Å². The molecule has 1 nitrogen and oxygen atoms in total. The van der Waals surface area contributed by atoms with E-state index in [4.69, 9.17) is 5.26 Å². The van der Waals surface area contributed by atoms with E-state index in [1.54, 1.807) is 0 Å². The van der Waals surface area contributed by atoms with Gasteiger partial charge in [-0.1, -0.05) is 0 Å². The average Bonchev–Trinajstić information content (AvgIpc) is 2.44. The minimum Gasteiger partial charge on any atom is -0.192 e. The predicted molar refractivity (Wildman–Crippen MR) is 53.9 cm³/mol. The smallest absolute Gasteiger partial charge is 0.192 e. The van der Waals surface area contributed by atoms with Crippen LogP contribution in [0.5, 0.6) is 0 Å². The molecule has 0 bridgehead atoms. The van der Waals surface area contributed by atoms with Crippen LogP contribution in [0.25, 0.3) is 0 Å². The summed E-state index contributed by atoms with van der Waals surface area (Å²) in [5.41, 5.74) is 0. The van der Waals surface area contributed by atoms with Gasteiger partial charge >= 0.3 is 47.0 Å². The van der Waals surface area contributed by atoms with Crippen molar-refractivity contribution in [2.75, 3.05) is 0 Å². The van der Waals surface area contributed by atoms with Crippen LogP contribution in [0.2, 0.25) is 0 Å². The van der Waals surface area contributed by atoms with Gasteiger partial charge < -0.3 is 0 Å². The number of thiocyanates is 1. The summed E-state index contributed by atoms with van der Waals surface area (Å²) in [6, 6.07) is 0. The lowest BCUT2D eigenvalue weighted by molar-refractivity contribution is -0.458. The summed E-state index contributed by atoms with van der Waals surface area (Å²) in [6.07, 6.45) is -7.78. The zero-order valence-corrected chi connectivity index (χ0v) is 12.6. The second-order valence-electron chi connectivity index (χ2n) is 4.65. The van der Waals surface area contributed by atoms with E-state index in [9.17, 15) is 74.6 Å². The fraction of sp³-hybridized carbons (Fsp3) is 0.889. The first-order valence-corrected chi connectivity index (χ1v) is 6.41. The van der Waals surface area contributed by atoms with Crippen LogP contribution in [-0.4, -0.2) is 47.0 Å². The summed E-state index contributed by atoms with van der Waals surface area (Å²) >= 11 is -2.24. The van der Waals surface area contributed by atoms with Gasteiger partial charge in [0.15, 0.2) is 0 Å². The quantitative estimate of drug-likeness (QED) is 0.324. The van der Waals surface area contributed by atoms with Crippen molar-refractivity contribution < 1.29 is 74.6 Å². The van der Waals surface area contributed by atoms with Gasteiger partial charge in [-0.05, 0) is 0 Å². The van der Waals surface area contributed by atoms with E-state index in [1.165, 1.54) is 0 Å². The minimum atomic E-state index is -8.65. The molecule has 0 aliphatic rings. The summed E-state index contributed by atoms with van der Waals surface area (Å²) in [4.78, 5) is 0. The number of nitriles is 1. The van der Waals surface area contributed by atoms with Crippen LogP contribution in [0.4, 0.5) is 74.6 Å². The summed E-state index contributed by atoms with van der Waals surface area (Å²) in [5, 5.41) is 0.947. The lowest BCUT2D eigenvalue weighted by atomic mass is 9.91. The maximum absolute atomic E-state index is 13.1. The highest BCUT2D eigenvalue weighted by Crippen LogP contribution is 2.64. The molecule has 0 radical (unpaired) electrons. The van der Waals surface area contributed by atoms with Crippen molar-refractivity contribution in [3.8, 4) is 5.40 Å². The first kappa shape index (κ1) is 26.6. The van der Waals surface area contributed by atoms with Crippen LogP contribution in [0, 0.1) is 10.7 Å². The highest BCUT2D eigenvalue weighted by atomic mass is 32.2. The Labute approximate surface area is 145 Å². The summed E-state index contributed by atoms with van der Waals surface area (Å²) in [7, 11) is 0. The van der Waals surface area contributed by atoms with E-state index in [2.05, 4.69) is 0 Å². The highest BCUT2D eigenvalue weighted by Gasteiger charge is 2.95. The summed E-state index contributed by atoms with van der Waals surface area (Å²) in [5.74, 6) is -50.1. The molecule has 0 atom stereocenters. The fourth-order valence-corrected chi connectivity index (χ4v) is 1.64. The first-order chi connectivity index (χ1) is 11.8. The zero-order chi connectivity index (χ0) is 23.4. The number of hydrogen-bond acceptors (Lipinski definition) is 2. The molecular formula is C9F17NS. The molecule has 0 amide bonds. The van der Waals surface area contributed by atoms with Crippen molar-refractivity contribution >= 4 is 11.8 Å². The number of rotatable bonds is 7. The molecule has 0 aliphatic carbocycles. The molecule has 0 heterocycles. The Bertz CT molecular complexity index is 626. The van der Waals surface area contributed by atoms with Gasteiger partial charge in [0.1, 0.15) is 5.40 Å². The second-order valence-corrected chi connectivity index (χ2v) is 5.55. The molecule has 0 unspecified atom stereocenters. The van der Waals surface area contributed by atoms with E-state index in [-0.39, 0.29) is 5.40 Å². The van der Waals surface area contributed by atoms with Gasteiger partial charge in [0.2, 0.25) is 0 Å². The van der Waals surface area contributed by atoms with Gasteiger partial charge in [-0.3, -0.25) is 0 Å². The van der Waals surface area contributed by atoms with Crippen molar-refractivity contribution in [3.05, 3.63) is 0 Å². The van der Waals surface area contributed by atoms with Gasteiger partial charge in [-0.25, -0.2) is 0 Å². The molecule has 0 saturated heterocycles. The zero-order valence-electron chi connectivity index (χ0n) is 11.8. The number of alkyl halides is 17. The normalized spacial score (nSPS) is 16.1. The maximum atomic E-state index is 13.1. The molecular weight excluding hydrogens is 477 g/mol. The number of hydrogen-bond donors (Lipinski definition) is 0. The van der Waals surface area contributed by atoms with Gasteiger partial charge in [0, 0.05) is 11.8 Å². The monoisotopic (exact) mass is 477 g/mol. The van der Waals surface area contributed by atoms with Gasteiger partial charge in [-0.2, -0.15) is 79.9 Å². The van der Waals surface area contributed by atoms with Crippen molar-refractivity contribution in [1.29, 1.82) is 5.26 Å². The summed E-state index contributed by atoms with van der Waals surface area (Å²) < 4.78 is 216. The first-order valence-electron chi connectivity index (χ1n) is 5.59. The SMILES string of the molecule is N#CSC(F)(F)C(F)(F)C(F)(F)C(F)(F)C(F)(F)C(F)(F)C(F)(F)C(F)(F)F. The molecule has 0 aliphatic heterocycles. The number of thioether (sulfide) groups is 1. The predicted octanol–water partition coefficient (Wildman–Crippen LogP) is 6.17. The van der Waals surface area contributed by atoms with Gasteiger partial charge in [-0.15, -0.1) is 0 Å². The molecule has 0 aromatic heterocycles. The van der Waals surface area contributed by atoms with E-state index in [0.29, 0.717) is 0 Å². The third kappa shape index (κ3) is 3.20. The standard InChI is InChI=1S/C9F17NS/c10-2(11,4(14,15)6(18,19)8(22,23)24)3(12,13)5(16,17)7(20,21)9(25,26)28-1-27. The molecule has 166 valence electrons. The third-order valence-electron chi connectivity index (χ3n) is 2.87. The molecule has 0 saturated carbocycles. The van der Waals surface area contributed by atoms with Crippen molar-refractivity contribution in [3.63, 3.8) is 0 Å². The van der Waals surface area contributed by atoms with Crippen LogP contribution in [-0.2, 0) is 0 Å². The molecule has 0 N–H and O–H groups in total. The van der Waals surface area contributed by atoms with Crippen LogP contribution >= 0.6 is 11.8 Å². The van der Waals surface area contributed by atoms with E-state index in [1.807, 2.05) is 0 Å². The number of halogens is 17.